The van der Waals surface area contributed by atoms with Crippen molar-refractivity contribution in [3.05, 3.63) is 42.2 Å². The molecule has 1 fully saturated rings. The fraction of sp³-hybridized carbons (Fsp3) is 0.412. The third kappa shape index (κ3) is 3.43. The summed E-state index contributed by atoms with van der Waals surface area (Å²) in [5.41, 5.74) is 0.527. The highest BCUT2D eigenvalue weighted by atomic mass is 79.9. The van der Waals surface area contributed by atoms with Crippen molar-refractivity contribution in [2.45, 2.75) is 30.5 Å². The molecule has 1 aliphatic carbocycles. The van der Waals surface area contributed by atoms with Crippen LogP contribution in [-0.4, -0.2) is 22.3 Å². The van der Waals surface area contributed by atoms with Gasteiger partial charge in [-0.1, -0.05) is 46.6 Å². The van der Waals surface area contributed by atoms with Gasteiger partial charge in [0.1, 0.15) is 5.69 Å². The van der Waals surface area contributed by atoms with Crippen molar-refractivity contribution < 1.29 is 4.79 Å². The quantitative estimate of drug-likeness (QED) is 0.855. The van der Waals surface area contributed by atoms with Crippen LogP contribution in [0.15, 0.2) is 36.5 Å². The summed E-state index contributed by atoms with van der Waals surface area (Å²) in [7, 11) is 0. The summed E-state index contributed by atoms with van der Waals surface area (Å²) < 4.78 is 0. The van der Waals surface area contributed by atoms with Gasteiger partial charge < -0.3 is 5.32 Å². The van der Waals surface area contributed by atoms with Crippen molar-refractivity contribution in [3.63, 3.8) is 0 Å². The SMILES string of the molecule is O=C(NCC1CCCC(Br)C1)c1nccc2ccccc12. The Morgan fingerprint density at radius 1 is 1.29 bits per heavy atom. The molecule has 4 heteroatoms. The molecule has 0 radical (unpaired) electrons. The molecule has 0 aliphatic heterocycles. The zero-order chi connectivity index (χ0) is 14.7. The fourth-order valence-corrected chi connectivity index (χ4v) is 3.88. The second kappa shape index (κ2) is 6.56. The lowest BCUT2D eigenvalue weighted by Gasteiger charge is -2.25. The Balaban J connectivity index is 1.69. The number of alkyl halides is 1. The van der Waals surface area contributed by atoms with Crippen LogP contribution in [0.5, 0.6) is 0 Å². The molecule has 1 aromatic heterocycles. The molecule has 1 heterocycles. The van der Waals surface area contributed by atoms with Crippen molar-refractivity contribution in [2.24, 2.45) is 5.92 Å². The first kappa shape index (κ1) is 14.5. The van der Waals surface area contributed by atoms with E-state index >= 15 is 0 Å². The largest absolute Gasteiger partial charge is 0.350 e. The standard InChI is InChI=1S/C17H19BrN2O/c18-14-6-3-4-12(10-14)11-20-17(21)16-15-7-2-1-5-13(15)8-9-19-16/h1-2,5,7-9,12,14H,3-4,6,10-11H2,(H,20,21). The second-order valence-electron chi connectivity index (χ2n) is 5.72. The number of aromatic nitrogens is 1. The van der Waals surface area contributed by atoms with E-state index in [9.17, 15) is 4.79 Å². The molecule has 3 nitrogen and oxygen atoms in total. The van der Waals surface area contributed by atoms with E-state index in [1.165, 1.54) is 19.3 Å². The molecule has 21 heavy (non-hydrogen) atoms. The van der Waals surface area contributed by atoms with Crippen molar-refractivity contribution in [1.82, 2.24) is 10.3 Å². The van der Waals surface area contributed by atoms with Crippen LogP contribution in [0.1, 0.15) is 36.2 Å². The summed E-state index contributed by atoms with van der Waals surface area (Å²) in [5, 5.41) is 5.03. The minimum atomic E-state index is -0.0662. The monoisotopic (exact) mass is 346 g/mol. The first-order valence-electron chi connectivity index (χ1n) is 7.50. The first-order chi connectivity index (χ1) is 10.2. The maximum atomic E-state index is 12.4. The van der Waals surface area contributed by atoms with Gasteiger partial charge in [-0.15, -0.1) is 0 Å². The third-order valence-electron chi connectivity index (χ3n) is 4.16. The molecule has 1 amide bonds. The number of benzene rings is 1. The topological polar surface area (TPSA) is 42.0 Å². The zero-order valence-electron chi connectivity index (χ0n) is 11.9. The third-order valence-corrected chi connectivity index (χ3v) is 4.99. The van der Waals surface area contributed by atoms with Gasteiger partial charge in [0.25, 0.3) is 5.91 Å². The molecule has 0 bridgehead atoms. The lowest BCUT2D eigenvalue weighted by molar-refractivity contribution is 0.0941. The smallest absolute Gasteiger partial charge is 0.270 e. The Morgan fingerprint density at radius 3 is 3.00 bits per heavy atom. The van der Waals surface area contributed by atoms with Gasteiger partial charge in [0.2, 0.25) is 0 Å². The maximum absolute atomic E-state index is 12.4. The lowest BCUT2D eigenvalue weighted by Crippen LogP contribution is -2.32. The predicted molar refractivity (Wildman–Crippen MR) is 88.7 cm³/mol. The van der Waals surface area contributed by atoms with E-state index < -0.39 is 0 Å². The van der Waals surface area contributed by atoms with Gasteiger partial charge in [0.05, 0.1) is 0 Å². The van der Waals surface area contributed by atoms with E-state index in [1.807, 2.05) is 30.3 Å². The molecule has 1 N–H and O–H groups in total. The van der Waals surface area contributed by atoms with Gasteiger partial charge >= 0.3 is 0 Å². The number of nitrogens with one attached hydrogen (secondary N) is 1. The summed E-state index contributed by atoms with van der Waals surface area (Å²) in [6.07, 6.45) is 6.53. The number of hydrogen-bond donors (Lipinski definition) is 1. The average Bonchev–Trinajstić information content (AvgIpc) is 2.52. The molecule has 2 aromatic rings. The molecule has 110 valence electrons. The number of hydrogen-bond acceptors (Lipinski definition) is 2. The van der Waals surface area contributed by atoms with Crippen molar-refractivity contribution in [3.8, 4) is 0 Å². The maximum Gasteiger partial charge on any atom is 0.270 e. The zero-order valence-corrected chi connectivity index (χ0v) is 13.5. The Hall–Kier alpha value is -1.42. The number of carbonyl (C=O) groups is 1. The molecular weight excluding hydrogens is 328 g/mol. The van der Waals surface area contributed by atoms with Crippen LogP contribution in [0.4, 0.5) is 0 Å². The molecule has 1 saturated carbocycles. The average molecular weight is 347 g/mol. The Bertz CT molecular complexity index is 638. The van der Waals surface area contributed by atoms with Crippen LogP contribution >= 0.6 is 15.9 Å². The fourth-order valence-electron chi connectivity index (χ4n) is 3.03. The van der Waals surface area contributed by atoms with E-state index in [0.29, 0.717) is 16.4 Å². The van der Waals surface area contributed by atoms with Crippen molar-refractivity contribution in [1.29, 1.82) is 0 Å². The summed E-state index contributed by atoms with van der Waals surface area (Å²) >= 11 is 3.69. The second-order valence-corrected chi connectivity index (χ2v) is 7.02. The van der Waals surface area contributed by atoms with Crippen LogP contribution in [0.25, 0.3) is 10.8 Å². The van der Waals surface area contributed by atoms with E-state index in [0.717, 1.165) is 23.7 Å². The first-order valence-corrected chi connectivity index (χ1v) is 8.41. The summed E-state index contributed by atoms with van der Waals surface area (Å²) in [6, 6.07) is 9.80. The summed E-state index contributed by atoms with van der Waals surface area (Å²) in [5.74, 6) is 0.505. The van der Waals surface area contributed by atoms with Crippen molar-refractivity contribution >= 4 is 32.6 Å². The van der Waals surface area contributed by atoms with Gasteiger partial charge in [-0.2, -0.15) is 0 Å². The van der Waals surface area contributed by atoms with Crippen LogP contribution in [0.3, 0.4) is 0 Å². The molecule has 2 unspecified atom stereocenters. The minimum Gasteiger partial charge on any atom is -0.350 e. The molecule has 0 spiro atoms. The minimum absolute atomic E-state index is 0.0662. The van der Waals surface area contributed by atoms with Gasteiger partial charge in [0.15, 0.2) is 0 Å². The lowest BCUT2D eigenvalue weighted by atomic mass is 9.89. The number of nitrogens with zero attached hydrogens (tertiary/aromatic N) is 1. The van der Waals surface area contributed by atoms with E-state index in [2.05, 4.69) is 26.2 Å². The summed E-state index contributed by atoms with van der Waals surface area (Å²) in [6.45, 7) is 0.742. The Labute approximate surface area is 133 Å². The number of pyridine rings is 1. The molecule has 3 rings (SSSR count). The van der Waals surface area contributed by atoms with Crippen LogP contribution in [0, 0.1) is 5.92 Å². The summed E-state index contributed by atoms with van der Waals surface area (Å²) in [4.78, 5) is 17.3. The van der Waals surface area contributed by atoms with Gasteiger partial charge in [-0.05, 0) is 36.6 Å². The van der Waals surface area contributed by atoms with Gasteiger partial charge in [-0.25, -0.2) is 0 Å². The number of halogens is 1. The van der Waals surface area contributed by atoms with Gasteiger partial charge in [0, 0.05) is 23.0 Å². The highest BCUT2D eigenvalue weighted by molar-refractivity contribution is 9.09. The van der Waals surface area contributed by atoms with Crippen molar-refractivity contribution in [2.75, 3.05) is 6.54 Å². The predicted octanol–water partition coefficient (Wildman–Crippen LogP) is 3.92. The van der Waals surface area contributed by atoms with E-state index in [4.69, 9.17) is 0 Å². The number of amides is 1. The van der Waals surface area contributed by atoms with E-state index in [1.54, 1.807) is 6.20 Å². The highest BCUT2D eigenvalue weighted by Gasteiger charge is 2.21. The number of fused-ring (bicyclic) bond motifs is 1. The Kier molecular flexibility index (Phi) is 4.54. The van der Waals surface area contributed by atoms with E-state index in [-0.39, 0.29) is 5.91 Å². The van der Waals surface area contributed by atoms with Crippen LogP contribution in [-0.2, 0) is 0 Å². The molecule has 0 saturated heterocycles. The molecular formula is C17H19BrN2O. The number of carbonyl (C=O) groups excluding carboxylic acids is 1. The van der Waals surface area contributed by atoms with Crippen LogP contribution in [0.2, 0.25) is 0 Å². The molecule has 1 aliphatic rings. The highest BCUT2D eigenvalue weighted by Crippen LogP contribution is 2.28. The normalized spacial score (nSPS) is 22.1. The van der Waals surface area contributed by atoms with Crippen LogP contribution < -0.4 is 5.32 Å². The molecule has 1 aromatic carbocycles. The Morgan fingerprint density at radius 2 is 2.14 bits per heavy atom. The van der Waals surface area contributed by atoms with Gasteiger partial charge in [-0.3, -0.25) is 9.78 Å². The molecule has 2 atom stereocenters. The number of rotatable bonds is 3.